The van der Waals surface area contributed by atoms with E-state index in [9.17, 15) is 13.2 Å². The van der Waals surface area contributed by atoms with Crippen molar-refractivity contribution >= 4 is 27.7 Å². The molecule has 6 nitrogen and oxygen atoms in total. The molecule has 0 spiro atoms. The molecule has 2 aromatic carbocycles. The van der Waals surface area contributed by atoms with Crippen molar-refractivity contribution in [1.29, 1.82) is 0 Å². The van der Waals surface area contributed by atoms with Gasteiger partial charge in [-0.25, -0.2) is 8.42 Å². The Balaban J connectivity index is 1.58. The topological polar surface area (TPSA) is 69.7 Å². The van der Waals surface area contributed by atoms with Crippen molar-refractivity contribution in [1.82, 2.24) is 14.5 Å². The molecule has 3 rings (SSSR count). The van der Waals surface area contributed by atoms with Gasteiger partial charge in [0.2, 0.25) is 10.0 Å². The van der Waals surface area contributed by atoms with Crippen LogP contribution in [0, 0.1) is 6.92 Å². The van der Waals surface area contributed by atoms with Crippen molar-refractivity contribution in [3.05, 3.63) is 65.2 Å². The van der Waals surface area contributed by atoms with Crippen LogP contribution in [0.1, 0.15) is 21.5 Å². The second-order valence-corrected chi connectivity index (χ2v) is 10.5. The second kappa shape index (κ2) is 10.4. The zero-order valence-electron chi connectivity index (χ0n) is 17.5. The van der Waals surface area contributed by atoms with E-state index in [-0.39, 0.29) is 10.8 Å². The maximum Gasteiger partial charge on any atom is 0.251 e. The summed E-state index contributed by atoms with van der Waals surface area (Å²) >= 11 is 1.75. The minimum absolute atomic E-state index is 0.182. The molecule has 2 aromatic rings. The van der Waals surface area contributed by atoms with Gasteiger partial charge in [0.05, 0.1) is 4.90 Å². The molecule has 0 radical (unpaired) electrons. The zero-order chi connectivity index (χ0) is 21.6. The Morgan fingerprint density at radius 1 is 1.07 bits per heavy atom. The van der Waals surface area contributed by atoms with Gasteiger partial charge in [-0.15, -0.1) is 0 Å². The molecule has 0 saturated carbocycles. The molecule has 0 atom stereocenters. The molecule has 0 aromatic heterocycles. The van der Waals surface area contributed by atoms with Gasteiger partial charge >= 0.3 is 0 Å². The lowest BCUT2D eigenvalue weighted by molar-refractivity contribution is 0.0955. The Kier molecular flexibility index (Phi) is 7.93. The number of nitrogens with zero attached hydrogens (tertiary/aromatic N) is 2. The van der Waals surface area contributed by atoms with Crippen LogP contribution in [0.4, 0.5) is 0 Å². The fourth-order valence-corrected chi connectivity index (χ4v) is 5.55. The fraction of sp³-hybridized carbons (Fsp3) is 0.409. The third kappa shape index (κ3) is 5.85. The third-order valence-electron chi connectivity index (χ3n) is 5.20. The molecule has 1 amide bonds. The van der Waals surface area contributed by atoms with E-state index in [2.05, 4.69) is 22.3 Å². The predicted molar refractivity (Wildman–Crippen MR) is 122 cm³/mol. The molecule has 1 aliphatic rings. The highest BCUT2D eigenvalue weighted by molar-refractivity contribution is 7.98. The summed E-state index contributed by atoms with van der Waals surface area (Å²) in [6.45, 7) is 4.70. The first kappa shape index (κ1) is 22.8. The summed E-state index contributed by atoms with van der Waals surface area (Å²) in [5.74, 6) is 1.45. The average molecular weight is 448 g/mol. The first-order chi connectivity index (χ1) is 14.4. The monoisotopic (exact) mass is 447 g/mol. The summed E-state index contributed by atoms with van der Waals surface area (Å²) in [6, 6.07) is 15.0. The molecular weight excluding hydrogens is 418 g/mol. The number of sulfonamides is 1. The number of carbonyl (C=O) groups is 1. The van der Waals surface area contributed by atoms with E-state index < -0.39 is 10.0 Å². The molecule has 1 aliphatic heterocycles. The Bertz CT molecular complexity index is 957. The van der Waals surface area contributed by atoms with Crippen LogP contribution in [0.25, 0.3) is 0 Å². The summed E-state index contributed by atoms with van der Waals surface area (Å²) < 4.78 is 27.5. The second-order valence-electron chi connectivity index (χ2n) is 7.48. The van der Waals surface area contributed by atoms with Crippen LogP contribution >= 0.6 is 11.8 Å². The van der Waals surface area contributed by atoms with Crippen LogP contribution in [0.15, 0.2) is 53.4 Å². The van der Waals surface area contributed by atoms with Gasteiger partial charge in [-0.1, -0.05) is 36.4 Å². The summed E-state index contributed by atoms with van der Waals surface area (Å²) in [4.78, 5) is 15.0. The molecule has 1 heterocycles. The van der Waals surface area contributed by atoms with Gasteiger partial charge in [-0.2, -0.15) is 16.1 Å². The Morgan fingerprint density at radius 3 is 2.47 bits per heavy atom. The van der Waals surface area contributed by atoms with E-state index in [4.69, 9.17) is 0 Å². The molecule has 1 saturated heterocycles. The number of nitrogens with one attached hydrogen (secondary N) is 1. The predicted octanol–water partition coefficient (Wildman–Crippen LogP) is 2.59. The van der Waals surface area contributed by atoms with Crippen molar-refractivity contribution in [2.24, 2.45) is 0 Å². The minimum atomic E-state index is -3.60. The highest BCUT2D eigenvalue weighted by Crippen LogP contribution is 2.21. The average Bonchev–Trinajstić information content (AvgIpc) is 2.74. The number of aryl methyl sites for hydroxylation is 1. The largest absolute Gasteiger partial charge is 0.351 e. The number of hydrogen-bond acceptors (Lipinski definition) is 5. The van der Waals surface area contributed by atoms with Crippen molar-refractivity contribution in [3.63, 3.8) is 0 Å². The van der Waals surface area contributed by atoms with Crippen LogP contribution in [0.2, 0.25) is 0 Å². The van der Waals surface area contributed by atoms with Crippen molar-refractivity contribution < 1.29 is 13.2 Å². The first-order valence-corrected chi connectivity index (χ1v) is 12.7. The van der Waals surface area contributed by atoms with Crippen LogP contribution < -0.4 is 5.32 Å². The highest BCUT2D eigenvalue weighted by atomic mass is 32.2. The standard InChI is InChI=1S/C22H29N3O3S2/c1-18-8-9-20(30(27,28)25-13-11-24(2)12-14-25)16-21(18)22(26)23-10-15-29-17-19-6-4-3-5-7-19/h3-9,16H,10-15,17H2,1-2H3,(H,23,26). The number of rotatable bonds is 8. The number of likely N-dealkylation sites (N-methyl/N-ethyl adjacent to an activating group) is 1. The van der Waals surface area contributed by atoms with E-state index >= 15 is 0 Å². The quantitative estimate of drug-likeness (QED) is 0.630. The van der Waals surface area contributed by atoms with Crippen LogP contribution in [0.5, 0.6) is 0 Å². The van der Waals surface area contributed by atoms with E-state index in [1.165, 1.54) is 15.9 Å². The third-order valence-corrected chi connectivity index (χ3v) is 8.12. The maximum absolute atomic E-state index is 13.0. The number of thioether (sulfide) groups is 1. The first-order valence-electron chi connectivity index (χ1n) is 10.1. The number of piperazine rings is 1. The van der Waals surface area contributed by atoms with Gasteiger partial charge < -0.3 is 10.2 Å². The SMILES string of the molecule is Cc1ccc(S(=O)(=O)N2CCN(C)CC2)cc1C(=O)NCCSCc1ccccc1. The van der Waals surface area contributed by atoms with Crippen LogP contribution in [-0.4, -0.2) is 69.1 Å². The lowest BCUT2D eigenvalue weighted by Gasteiger charge is -2.31. The minimum Gasteiger partial charge on any atom is -0.351 e. The van der Waals surface area contributed by atoms with Gasteiger partial charge in [-0.3, -0.25) is 4.79 Å². The summed E-state index contributed by atoms with van der Waals surface area (Å²) in [7, 11) is -1.61. The summed E-state index contributed by atoms with van der Waals surface area (Å²) in [6.07, 6.45) is 0. The smallest absolute Gasteiger partial charge is 0.251 e. The number of carbonyl (C=O) groups excluding carboxylic acids is 1. The molecule has 0 bridgehead atoms. The number of amides is 1. The lowest BCUT2D eigenvalue weighted by Crippen LogP contribution is -2.47. The zero-order valence-corrected chi connectivity index (χ0v) is 19.1. The fourth-order valence-electron chi connectivity index (χ4n) is 3.28. The van der Waals surface area contributed by atoms with E-state index in [0.717, 1.165) is 17.1 Å². The Labute approximate surface area is 183 Å². The number of benzene rings is 2. The van der Waals surface area contributed by atoms with E-state index in [1.807, 2.05) is 32.2 Å². The molecule has 8 heteroatoms. The molecule has 0 unspecified atom stereocenters. The molecule has 30 heavy (non-hydrogen) atoms. The summed E-state index contributed by atoms with van der Waals surface area (Å²) in [5, 5.41) is 2.92. The number of hydrogen-bond donors (Lipinski definition) is 1. The molecule has 1 fully saturated rings. The van der Waals surface area contributed by atoms with Crippen LogP contribution in [-0.2, 0) is 15.8 Å². The molecule has 0 aliphatic carbocycles. The Hall–Kier alpha value is -1.87. The van der Waals surface area contributed by atoms with Gasteiger partial charge in [-0.05, 0) is 37.2 Å². The van der Waals surface area contributed by atoms with Gasteiger partial charge in [0.25, 0.3) is 5.91 Å². The van der Waals surface area contributed by atoms with Gasteiger partial charge in [0.15, 0.2) is 0 Å². The highest BCUT2D eigenvalue weighted by Gasteiger charge is 2.28. The van der Waals surface area contributed by atoms with Crippen molar-refractivity contribution in [2.75, 3.05) is 45.5 Å². The van der Waals surface area contributed by atoms with Crippen molar-refractivity contribution in [2.45, 2.75) is 17.6 Å². The van der Waals surface area contributed by atoms with Gasteiger partial charge in [0.1, 0.15) is 0 Å². The molecular formula is C22H29N3O3S2. The Morgan fingerprint density at radius 2 is 1.77 bits per heavy atom. The van der Waals surface area contributed by atoms with Gasteiger partial charge in [0, 0.05) is 49.8 Å². The maximum atomic E-state index is 13.0. The van der Waals surface area contributed by atoms with Crippen molar-refractivity contribution in [3.8, 4) is 0 Å². The van der Waals surface area contributed by atoms with E-state index in [1.54, 1.807) is 23.9 Å². The van der Waals surface area contributed by atoms with Crippen LogP contribution in [0.3, 0.4) is 0 Å². The molecule has 1 N–H and O–H groups in total. The lowest BCUT2D eigenvalue weighted by atomic mass is 10.1. The van der Waals surface area contributed by atoms with E-state index in [0.29, 0.717) is 38.3 Å². The summed E-state index contributed by atoms with van der Waals surface area (Å²) in [5.41, 5.74) is 2.44. The normalized spacial score (nSPS) is 15.8. The molecule has 162 valence electrons.